The average Bonchev–Trinajstić information content (AvgIpc) is 2.19. The molecule has 0 aliphatic rings. The summed E-state index contributed by atoms with van der Waals surface area (Å²) in [5.74, 6) is 0.626. The molecule has 0 rings (SSSR count). The van der Waals surface area contributed by atoms with Gasteiger partial charge in [-0.25, -0.2) is 0 Å². The molecule has 0 radical (unpaired) electrons. The average molecular weight is 282 g/mol. The molecule has 0 aromatic heterocycles. The summed E-state index contributed by atoms with van der Waals surface area (Å²) in [6.07, 6.45) is 1.29. The Hall–Kier alpha value is -0.170. The van der Waals surface area contributed by atoms with Crippen molar-refractivity contribution in [2.24, 2.45) is 5.92 Å². The van der Waals surface area contributed by atoms with Crippen molar-refractivity contribution in [3.63, 3.8) is 0 Å². The molecule has 0 aromatic rings. The van der Waals surface area contributed by atoms with Gasteiger partial charge in [0.05, 0.1) is 18.0 Å². The highest BCUT2D eigenvalue weighted by Crippen LogP contribution is 2.19. The Bertz CT molecular complexity index is 308. The zero-order valence-electron chi connectivity index (χ0n) is 11.8. The molecule has 0 bridgehead atoms. The lowest BCUT2D eigenvalue weighted by atomic mass is 10.1. The predicted molar refractivity (Wildman–Crippen MR) is 71.3 cm³/mol. The number of hydrogen-bond donors (Lipinski definition) is 1. The molecule has 5 nitrogen and oxygen atoms in total. The van der Waals surface area contributed by atoms with Crippen molar-refractivity contribution >= 4 is 10.1 Å². The first kappa shape index (κ1) is 17.8. The van der Waals surface area contributed by atoms with Crippen molar-refractivity contribution < 1.29 is 22.4 Å². The van der Waals surface area contributed by atoms with Gasteiger partial charge < -0.3 is 9.47 Å². The summed E-state index contributed by atoms with van der Waals surface area (Å²) >= 11 is 0. The fourth-order valence-electron chi connectivity index (χ4n) is 1.09. The summed E-state index contributed by atoms with van der Waals surface area (Å²) in [7, 11) is -4.02. The van der Waals surface area contributed by atoms with E-state index in [0.717, 1.165) is 13.0 Å². The third-order valence-corrected chi connectivity index (χ3v) is 4.36. The topological polar surface area (TPSA) is 72.8 Å². The summed E-state index contributed by atoms with van der Waals surface area (Å²) in [5, 5.41) is 0. The molecule has 0 aliphatic heterocycles. The van der Waals surface area contributed by atoms with E-state index in [2.05, 4.69) is 13.8 Å². The maximum Gasteiger partial charge on any atom is 0.270 e. The highest BCUT2D eigenvalue weighted by Gasteiger charge is 2.31. The summed E-state index contributed by atoms with van der Waals surface area (Å²) in [5.41, 5.74) is 0. The van der Waals surface area contributed by atoms with Crippen LogP contribution in [0, 0.1) is 5.92 Å². The lowest BCUT2D eigenvalue weighted by Gasteiger charge is -2.20. The first-order valence-electron chi connectivity index (χ1n) is 6.29. The summed E-state index contributed by atoms with van der Waals surface area (Å²) in [6, 6.07) is 0. The second kappa shape index (κ2) is 8.09. The molecule has 110 valence electrons. The van der Waals surface area contributed by atoms with Crippen LogP contribution in [0.1, 0.15) is 40.5 Å². The molecule has 18 heavy (non-hydrogen) atoms. The molecular formula is C12H26O5S. The van der Waals surface area contributed by atoms with E-state index in [1.807, 2.05) is 0 Å². The smallest absolute Gasteiger partial charge is 0.270 e. The zero-order chi connectivity index (χ0) is 14.2. The molecule has 0 saturated heterocycles. The van der Waals surface area contributed by atoms with Crippen LogP contribution in [-0.4, -0.2) is 44.1 Å². The van der Waals surface area contributed by atoms with Crippen LogP contribution in [0.4, 0.5) is 0 Å². The molecule has 0 atom stereocenters. The van der Waals surface area contributed by atoms with Crippen LogP contribution in [0.3, 0.4) is 0 Å². The normalized spacial score (nSPS) is 13.2. The van der Waals surface area contributed by atoms with Gasteiger partial charge in [0.2, 0.25) is 0 Å². The van der Waals surface area contributed by atoms with E-state index in [1.165, 1.54) is 13.8 Å². The van der Waals surface area contributed by atoms with E-state index in [9.17, 15) is 8.42 Å². The Kier molecular flexibility index (Phi) is 8.02. The highest BCUT2D eigenvalue weighted by molar-refractivity contribution is 7.87. The second-order valence-electron chi connectivity index (χ2n) is 5.39. The molecule has 1 N–H and O–H groups in total. The van der Waals surface area contributed by atoms with E-state index in [4.69, 9.17) is 14.0 Å². The molecule has 0 unspecified atom stereocenters. The van der Waals surface area contributed by atoms with Crippen LogP contribution in [0.15, 0.2) is 0 Å². The number of ether oxygens (including phenoxy) is 2. The summed E-state index contributed by atoms with van der Waals surface area (Å²) in [6.45, 7) is 9.20. The first-order valence-corrected chi connectivity index (χ1v) is 7.73. The van der Waals surface area contributed by atoms with Gasteiger partial charge in [-0.2, -0.15) is 8.42 Å². The fourth-order valence-corrected chi connectivity index (χ4v) is 1.43. The van der Waals surface area contributed by atoms with Crippen molar-refractivity contribution in [1.82, 2.24) is 0 Å². The maximum atomic E-state index is 11.0. The molecule has 0 spiro atoms. The largest absolute Gasteiger partial charge is 0.379 e. The van der Waals surface area contributed by atoms with Crippen LogP contribution in [0.5, 0.6) is 0 Å². The predicted octanol–water partition coefficient (Wildman–Crippen LogP) is 2.12. The monoisotopic (exact) mass is 282 g/mol. The van der Waals surface area contributed by atoms with Crippen LogP contribution >= 0.6 is 0 Å². The van der Waals surface area contributed by atoms with Gasteiger partial charge in [-0.15, -0.1) is 0 Å². The van der Waals surface area contributed by atoms with Gasteiger partial charge in [0.25, 0.3) is 10.1 Å². The van der Waals surface area contributed by atoms with Gasteiger partial charge in [-0.05, 0) is 32.6 Å². The van der Waals surface area contributed by atoms with Crippen LogP contribution in [0.25, 0.3) is 0 Å². The van der Waals surface area contributed by atoms with Gasteiger partial charge in [-0.3, -0.25) is 4.55 Å². The third-order valence-electron chi connectivity index (χ3n) is 2.76. The van der Waals surface area contributed by atoms with Crippen LogP contribution in [0.2, 0.25) is 0 Å². The van der Waals surface area contributed by atoms with E-state index >= 15 is 0 Å². The molecule has 0 heterocycles. The molecular weight excluding hydrogens is 256 g/mol. The Morgan fingerprint density at radius 2 is 1.56 bits per heavy atom. The Labute approximate surface area is 111 Å². The molecule has 0 amide bonds. The minimum absolute atomic E-state index is 0.262. The summed E-state index contributed by atoms with van der Waals surface area (Å²) in [4.78, 5) is 0. The molecule has 6 heteroatoms. The van der Waals surface area contributed by atoms with Crippen molar-refractivity contribution in [2.45, 2.75) is 45.3 Å². The minimum atomic E-state index is -4.02. The Balaban J connectivity index is 3.52. The van der Waals surface area contributed by atoms with Gasteiger partial charge in [0, 0.05) is 13.2 Å². The number of hydrogen-bond acceptors (Lipinski definition) is 4. The van der Waals surface area contributed by atoms with Crippen LogP contribution in [-0.2, 0) is 19.6 Å². The highest BCUT2D eigenvalue weighted by atomic mass is 32.2. The minimum Gasteiger partial charge on any atom is -0.379 e. The van der Waals surface area contributed by atoms with Crippen molar-refractivity contribution in [2.75, 3.05) is 26.4 Å². The van der Waals surface area contributed by atoms with Crippen molar-refractivity contribution in [1.29, 1.82) is 0 Å². The fraction of sp³-hybridized carbons (Fsp3) is 1.00. The lowest BCUT2D eigenvalue weighted by Crippen LogP contribution is -2.32. The second-order valence-corrected chi connectivity index (χ2v) is 7.45. The van der Waals surface area contributed by atoms with Crippen molar-refractivity contribution in [3.05, 3.63) is 0 Å². The molecule has 0 fully saturated rings. The van der Waals surface area contributed by atoms with Gasteiger partial charge in [0.15, 0.2) is 0 Å². The molecule has 0 aromatic carbocycles. The van der Waals surface area contributed by atoms with Crippen LogP contribution < -0.4 is 0 Å². The number of rotatable bonds is 10. The van der Waals surface area contributed by atoms with E-state index in [1.54, 1.807) is 0 Å². The van der Waals surface area contributed by atoms with E-state index in [-0.39, 0.29) is 6.42 Å². The van der Waals surface area contributed by atoms with Gasteiger partial charge in [0.1, 0.15) is 0 Å². The van der Waals surface area contributed by atoms with Gasteiger partial charge in [-0.1, -0.05) is 13.8 Å². The standard InChI is InChI=1S/C12H26O5S/c1-11(2)5-7-16-9-10-17-8-6-12(3,4)18(13,14)15/h11H,5-10H2,1-4H3,(H,13,14,15). The third kappa shape index (κ3) is 8.02. The maximum absolute atomic E-state index is 11.0. The van der Waals surface area contributed by atoms with E-state index < -0.39 is 14.9 Å². The lowest BCUT2D eigenvalue weighted by molar-refractivity contribution is 0.0411. The van der Waals surface area contributed by atoms with Crippen molar-refractivity contribution in [3.8, 4) is 0 Å². The quantitative estimate of drug-likeness (QED) is 0.491. The van der Waals surface area contributed by atoms with E-state index in [0.29, 0.717) is 25.7 Å². The zero-order valence-corrected chi connectivity index (χ0v) is 12.6. The molecule has 0 saturated carbocycles. The molecule has 0 aliphatic carbocycles. The summed E-state index contributed by atoms with van der Waals surface area (Å²) < 4.78 is 40.4. The Morgan fingerprint density at radius 3 is 2.00 bits per heavy atom. The SMILES string of the molecule is CC(C)CCOCCOCCC(C)(C)S(=O)(=O)O. The first-order chi connectivity index (χ1) is 8.17. The Morgan fingerprint density at radius 1 is 1.06 bits per heavy atom. The van der Waals surface area contributed by atoms with Gasteiger partial charge >= 0.3 is 0 Å².